The Morgan fingerprint density at radius 3 is 2.19 bits per heavy atom. The summed E-state index contributed by atoms with van der Waals surface area (Å²) in [6.07, 6.45) is 2.23. The zero-order valence-electron chi connectivity index (χ0n) is 19.8. The minimum atomic E-state index is -0.00875. The third-order valence-corrected chi connectivity index (χ3v) is 8.01. The number of fused-ring (bicyclic) bond motifs is 5. The maximum absolute atomic E-state index is 2.42. The second kappa shape index (κ2) is 6.53. The monoisotopic (exact) mass is 406 g/mol. The molecule has 0 bridgehead atoms. The van der Waals surface area contributed by atoms with E-state index in [-0.39, 0.29) is 10.8 Å². The van der Waals surface area contributed by atoms with Gasteiger partial charge in [-0.1, -0.05) is 76.2 Å². The second-order valence-electron chi connectivity index (χ2n) is 10.3. The summed E-state index contributed by atoms with van der Waals surface area (Å²) >= 11 is 0. The zero-order chi connectivity index (χ0) is 22.1. The smallest absolute Gasteiger partial charge is 0.201 e. The number of hydrogen-bond donors (Lipinski definition) is 0. The highest BCUT2D eigenvalue weighted by molar-refractivity contribution is 5.99. The highest BCUT2D eigenvalue weighted by atomic mass is 14.9. The first-order valence-corrected chi connectivity index (χ1v) is 11.3. The van der Waals surface area contributed by atoms with E-state index in [0.717, 1.165) is 0 Å². The molecular weight excluding hydrogens is 374 g/mol. The van der Waals surface area contributed by atoms with Gasteiger partial charge in [0, 0.05) is 17.0 Å². The van der Waals surface area contributed by atoms with Gasteiger partial charge in [-0.3, -0.25) is 0 Å². The van der Waals surface area contributed by atoms with Crippen LogP contribution in [0.25, 0.3) is 33.2 Å². The first kappa shape index (κ1) is 20.0. The molecule has 31 heavy (non-hydrogen) atoms. The average Bonchev–Trinajstić information content (AvgIpc) is 2.72. The van der Waals surface area contributed by atoms with Gasteiger partial charge in [0.1, 0.15) is 7.05 Å². The van der Waals surface area contributed by atoms with Crippen molar-refractivity contribution in [3.63, 3.8) is 0 Å². The second-order valence-corrected chi connectivity index (χ2v) is 10.3. The third kappa shape index (κ3) is 2.65. The van der Waals surface area contributed by atoms with Crippen LogP contribution in [-0.2, 0) is 17.9 Å². The van der Waals surface area contributed by atoms with Gasteiger partial charge in [0.2, 0.25) is 5.69 Å². The highest BCUT2D eigenvalue weighted by Crippen LogP contribution is 2.57. The van der Waals surface area contributed by atoms with Gasteiger partial charge >= 0.3 is 0 Å². The molecule has 0 N–H and O–H groups in total. The maximum Gasteiger partial charge on any atom is 0.213 e. The van der Waals surface area contributed by atoms with Gasteiger partial charge in [-0.25, -0.2) is 4.57 Å². The van der Waals surface area contributed by atoms with Crippen molar-refractivity contribution in [1.29, 1.82) is 0 Å². The summed E-state index contributed by atoms with van der Waals surface area (Å²) in [5, 5.41) is 2.70. The Morgan fingerprint density at radius 1 is 0.710 bits per heavy atom. The molecule has 0 fully saturated rings. The quantitative estimate of drug-likeness (QED) is 0.295. The number of pyridine rings is 1. The maximum atomic E-state index is 2.42. The lowest BCUT2D eigenvalue weighted by Crippen LogP contribution is -2.44. The molecular formula is C30H32N+. The molecule has 0 atom stereocenters. The van der Waals surface area contributed by atoms with Crippen molar-refractivity contribution in [3.05, 3.63) is 89.1 Å². The van der Waals surface area contributed by atoms with E-state index in [1.54, 1.807) is 0 Å². The first-order chi connectivity index (χ1) is 14.6. The van der Waals surface area contributed by atoms with Crippen LogP contribution in [0.2, 0.25) is 0 Å². The van der Waals surface area contributed by atoms with Gasteiger partial charge < -0.3 is 0 Å². The van der Waals surface area contributed by atoms with E-state index in [4.69, 9.17) is 0 Å². The molecule has 1 heterocycles. The van der Waals surface area contributed by atoms with Gasteiger partial charge in [0.05, 0.1) is 5.56 Å². The van der Waals surface area contributed by atoms with Gasteiger partial charge in [-0.05, 0) is 63.9 Å². The summed E-state index contributed by atoms with van der Waals surface area (Å²) in [5.74, 6) is 0. The van der Waals surface area contributed by atoms with E-state index in [0.29, 0.717) is 0 Å². The normalized spacial score (nSPS) is 16.1. The molecule has 4 aromatic rings. The molecule has 0 radical (unpaired) electrons. The van der Waals surface area contributed by atoms with E-state index in [1.165, 1.54) is 55.4 Å². The summed E-state index contributed by atoms with van der Waals surface area (Å²) in [6, 6.07) is 22.7. The number of rotatable bonds is 1. The highest BCUT2D eigenvalue weighted by Gasteiger charge is 2.47. The van der Waals surface area contributed by atoms with E-state index in [9.17, 15) is 0 Å². The van der Waals surface area contributed by atoms with Crippen LogP contribution in [0.3, 0.4) is 0 Å². The van der Waals surface area contributed by atoms with Crippen LogP contribution in [0.15, 0.2) is 66.9 Å². The number of benzene rings is 3. The Kier molecular flexibility index (Phi) is 4.21. The summed E-state index contributed by atoms with van der Waals surface area (Å²) in [7, 11) is 2.17. The summed E-state index contributed by atoms with van der Waals surface area (Å²) in [6.45, 7) is 14.1. The molecule has 0 aliphatic heterocycles. The average molecular weight is 407 g/mol. The fourth-order valence-electron chi connectivity index (χ4n) is 5.65. The predicted molar refractivity (Wildman–Crippen MR) is 132 cm³/mol. The summed E-state index contributed by atoms with van der Waals surface area (Å²) in [5.41, 5.74) is 10.9. The topological polar surface area (TPSA) is 3.88 Å². The van der Waals surface area contributed by atoms with Crippen molar-refractivity contribution in [1.82, 2.24) is 0 Å². The molecule has 0 saturated carbocycles. The molecule has 3 aromatic carbocycles. The van der Waals surface area contributed by atoms with E-state index in [2.05, 4.69) is 120 Å². The Bertz CT molecular complexity index is 1350. The molecule has 0 saturated heterocycles. The van der Waals surface area contributed by atoms with E-state index < -0.39 is 0 Å². The molecule has 0 amide bonds. The van der Waals surface area contributed by atoms with Crippen molar-refractivity contribution < 1.29 is 4.57 Å². The minimum Gasteiger partial charge on any atom is -0.201 e. The standard InChI is InChI=1S/C30H32N/c1-19-12-17-25(31(7)18-19)26-20(2)13-16-24-27(26)23-15-14-21-10-8-9-11-22(21)28(23)30(5,6)29(24,3)4/h8-18H,1-7H3/q+1. The van der Waals surface area contributed by atoms with E-state index >= 15 is 0 Å². The Hall–Kier alpha value is -2.93. The SMILES string of the molecule is Cc1ccc(-c2c(C)ccc3c2-c2ccc4ccccc4c2C(C)(C)C3(C)C)[n+](C)c1. The Labute approximate surface area is 186 Å². The van der Waals surface area contributed by atoms with Gasteiger partial charge in [0.15, 0.2) is 6.20 Å². The van der Waals surface area contributed by atoms with Crippen LogP contribution in [0.1, 0.15) is 49.9 Å². The molecule has 1 nitrogen and oxygen atoms in total. The van der Waals surface area contributed by atoms with Crippen LogP contribution in [0, 0.1) is 13.8 Å². The number of aromatic nitrogens is 1. The molecule has 1 aliphatic rings. The van der Waals surface area contributed by atoms with Crippen molar-refractivity contribution in [2.75, 3.05) is 0 Å². The van der Waals surface area contributed by atoms with Gasteiger partial charge in [0.25, 0.3) is 0 Å². The molecule has 0 unspecified atom stereocenters. The first-order valence-electron chi connectivity index (χ1n) is 11.3. The molecule has 5 rings (SSSR count). The number of aryl methyl sites for hydroxylation is 3. The van der Waals surface area contributed by atoms with Gasteiger partial charge in [-0.2, -0.15) is 0 Å². The number of nitrogens with zero attached hydrogens (tertiary/aromatic N) is 1. The third-order valence-electron chi connectivity index (χ3n) is 8.01. The van der Waals surface area contributed by atoms with Crippen molar-refractivity contribution in [2.24, 2.45) is 7.05 Å². The van der Waals surface area contributed by atoms with Crippen molar-refractivity contribution in [2.45, 2.75) is 52.4 Å². The fraction of sp³-hybridized carbons (Fsp3) is 0.300. The van der Waals surface area contributed by atoms with Gasteiger partial charge in [-0.15, -0.1) is 0 Å². The van der Waals surface area contributed by atoms with Crippen LogP contribution < -0.4 is 4.57 Å². The molecule has 1 aromatic heterocycles. The van der Waals surface area contributed by atoms with Crippen LogP contribution >= 0.6 is 0 Å². The lowest BCUT2D eigenvalue weighted by atomic mass is 9.54. The Morgan fingerprint density at radius 2 is 1.45 bits per heavy atom. The molecule has 1 heteroatoms. The zero-order valence-corrected chi connectivity index (χ0v) is 19.8. The van der Waals surface area contributed by atoms with E-state index in [1.807, 2.05) is 0 Å². The fourth-order valence-corrected chi connectivity index (χ4v) is 5.65. The van der Waals surface area contributed by atoms with Crippen molar-refractivity contribution in [3.8, 4) is 22.4 Å². The van der Waals surface area contributed by atoms with Crippen LogP contribution in [0.4, 0.5) is 0 Å². The number of hydrogen-bond acceptors (Lipinski definition) is 0. The Balaban J connectivity index is 1.98. The molecule has 0 spiro atoms. The largest absolute Gasteiger partial charge is 0.213 e. The lowest BCUT2D eigenvalue weighted by Gasteiger charge is -2.49. The van der Waals surface area contributed by atoms with Crippen LogP contribution in [0.5, 0.6) is 0 Å². The minimum absolute atomic E-state index is 0.00180. The lowest BCUT2D eigenvalue weighted by molar-refractivity contribution is -0.660. The summed E-state index contributed by atoms with van der Waals surface area (Å²) < 4.78 is 2.28. The van der Waals surface area contributed by atoms with Crippen LogP contribution in [-0.4, -0.2) is 0 Å². The predicted octanol–water partition coefficient (Wildman–Crippen LogP) is 7.18. The summed E-state index contributed by atoms with van der Waals surface area (Å²) in [4.78, 5) is 0. The van der Waals surface area contributed by atoms with Crippen molar-refractivity contribution >= 4 is 10.8 Å². The molecule has 156 valence electrons. The molecule has 1 aliphatic carbocycles.